The summed E-state index contributed by atoms with van der Waals surface area (Å²) in [5, 5.41) is 2.87. The topological polar surface area (TPSA) is 38.3 Å². The summed E-state index contributed by atoms with van der Waals surface area (Å²) in [5.74, 6) is 0.441. The van der Waals surface area contributed by atoms with Gasteiger partial charge in [0.1, 0.15) is 5.75 Å². The molecular weight excluding hydrogens is 430 g/mol. The first-order valence-corrected chi connectivity index (χ1v) is 9.37. The normalized spacial score (nSPS) is 11.8. The standard InChI is InChI=1S/C16H15Br2NO2S/c1-10(21-15-7-6-11(17)8-14(15)18)16(20)19-12-4-3-5-13(9-12)22-2/h3-10H,1-2H3,(H,19,20). The van der Waals surface area contributed by atoms with Gasteiger partial charge >= 0.3 is 0 Å². The summed E-state index contributed by atoms with van der Waals surface area (Å²) in [6.07, 6.45) is 1.40. The lowest BCUT2D eigenvalue weighted by Crippen LogP contribution is -2.30. The molecule has 6 heteroatoms. The smallest absolute Gasteiger partial charge is 0.265 e. The van der Waals surface area contributed by atoms with Gasteiger partial charge in [0.2, 0.25) is 0 Å². The third kappa shape index (κ3) is 4.76. The molecule has 0 heterocycles. The van der Waals surface area contributed by atoms with Crippen LogP contribution in [0.15, 0.2) is 56.3 Å². The van der Waals surface area contributed by atoms with Crippen molar-refractivity contribution in [3.05, 3.63) is 51.4 Å². The maximum Gasteiger partial charge on any atom is 0.265 e. The van der Waals surface area contributed by atoms with E-state index in [0.29, 0.717) is 5.75 Å². The number of nitrogens with one attached hydrogen (secondary N) is 1. The molecule has 0 saturated carbocycles. The Morgan fingerprint density at radius 1 is 1.23 bits per heavy atom. The number of thioether (sulfide) groups is 1. The van der Waals surface area contributed by atoms with E-state index in [9.17, 15) is 4.79 Å². The average Bonchev–Trinajstić information content (AvgIpc) is 2.50. The zero-order chi connectivity index (χ0) is 16.1. The maximum atomic E-state index is 12.2. The number of ether oxygens (including phenoxy) is 1. The van der Waals surface area contributed by atoms with Gasteiger partial charge in [-0.3, -0.25) is 4.79 Å². The SMILES string of the molecule is CSc1cccc(NC(=O)C(C)Oc2ccc(Br)cc2Br)c1. The van der Waals surface area contributed by atoms with Crippen molar-refractivity contribution >= 4 is 55.2 Å². The summed E-state index contributed by atoms with van der Waals surface area (Å²) in [6, 6.07) is 13.3. The first-order valence-electron chi connectivity index (χ1n) is 6.56. The number of halogens is 2. The van der Waals surface area contributed by atoms with E-state index >= 15 is 0 Å². The fourth-order valence-corrected chi connectivity index (χ4v) is 3.36. The van der Waals surface area contributed by atoms with Gasteiger partial charge in [-0.2, -0.15) is 0 Å². The Bertz CT molecular complexity index is 679. The number of carbonyl (C=O) groups is 1. The van der Waals surface area contributed by atoms with Gasteiger partial charge in [-0.25, -0.2) is 0 Å². The minimum atomic E-state index is -0.601. The summed E-state index contributed by atoms with van der Waals surface area (Å²) < 4.78 is 7.45. The number of benzene rings is 2. The molecule has 1 unspecified atom stereocenters. The number of hydrogen-bond acceptors (Lipinski definition) is 3. The van der Waals surface area contributed by atoms with E-state index in [2.05, 4.69) is 37.2 Å². The summed E-state index contributed by atoms with van der Waals surface area (Å²) in [5.41, 5.74) is 0.766. The van der Waals surface area contributed by atoms with Crippen LogP contribution in [0.25, 0.3) is 0 Å². The lowest BCUT2D eigenvalue weighted by Gasteiger charge is -2.16. The lowest BCUT2D eigenvalue weighted by atomic mass is 10.3. The quantitative estimate of drug-likeness (QED) is 0.632. The van der Waals surface area contributed by atoms with Crippen LogP contribution in [0.5, 0.6) is 5.75 Å². The molecule has 0 aliphatic carbocycles. The molecule has 0 aromatic heterocycles. The fourth-order valence-electron chi connectivity index (χ4n) is 1.76. The van der Waals surface area contributed by atoms with Gasteiger partial charge in [0.15, 0.2) is 6.10 Å². The molecule has 0 aliphatic heterocycles. The third-order valence-electron chi connectivity index (χ3n) is 2.90. The minimum absolute atomic E-state index is 0.187. The Morgan fingerprint density at radius 2 is 2.00 bits per heavy atom. The van der Waals surface area contributed by atoms with Gasteiger partial charge in [-0.05, 0) is 65.5 Å². The number of carbonyl (C=O) groups excluding carboxylic acids is 1. The van der Waals surface area contributed by atoms with Gasteiger partial charge in [-0.15, -0.1) is 11.8 Å². The van der Waals surface area contributed by atoms with Gasteiger partial charge in [0, 0.05) is 15.1 Å². The molecule has 3 nitrogen and oxygen atoms in total. The maximum absolute atomic E-state index is 12.2. The third-order valence-corrected chi connectivity index (χ3v) is 4.74. The van der Waals surface area contributed by atoms with E-state index in [0.717, 1.165) is 19.5 Å². The zero-order valence-electron chi connectivity index (χ0n) is 12.1. The Kier molecular flexibility index (Phi) is 6.35. The average molecular weight is 445 g/mol. The number of rotatable bonds is 5. The van der Waals surface area contributed by atoms with E-state index < -0.39 is 6.10 Å². The highest BCUT2D eigenvalue weighted by molar-refractivity contribution is 9.11. The molecule has 0 saturated heterocycles. The van der Waals surface area contributed by atoms with Crippen molar-refractivity contribution < 1.29 is 9.53 Å². The molecule has 0 bridgehead atoms. The number of hydrogen-bond donors (Lipinski definition) is 1. The van der Waals surface area contributed by atoms with Crippen molar-refractivity contribution in [2.45, 2.75) is 17.9 Å². The van der Waals surface area contributed by atoms with Crippen LogP contribution in [-0.4, -0.2) is 18.3 Å². The lowest BCUT2D eigenvalue weighted by molar-refractivity contribution is -0.122. The molecule has 1 N–H and O–H groups in total. The largest absolute Gasteiger partial charge is 0.480 e. The molecule has 0 radical (unpaired) electrons. The molecule has 1 amide bonds. The van der Waals surface area contributed by atoms with Gasteiger partial charge in [-0.1, -0.05) is 22.0 Å². The summed E-state index contributed by atoms with van der Waals surface area (Å²) in [4.78, 5) is 13.3. The van der Waals surface area contributed by atoms with Crippen LogP contribution in [0, 0.1) is 0 Å². The molecular formula is C16H15Br2NO2S. The predicted octanol–water partition coefficient (Wildman–Crippen LogP) is 5.34. The molecule has 2 aromatic carbocycles. The highest BCUT2D eigenvalue weighted by Gasteiger charge is 2.16. The van der Waals surface area contributed by atoms with Gasteiger partial charge < -0.3 is 10.1 Å². The zero-order valence-corrected chi connectivity index (χ0v) is 16.1. The highest BCUT2D eigenvalue weighted by Crippen LogP contribution is 2.29. The second kappa shape index (κ2) is 8.04. The van der Waals surface area contributed by atoms with Crippen LogP contribution in [-0.2, 0) is 4.79 Å². The van der Waals surface area contributed by atoms with Crippen molar-refractivity contribution in [2.75, 3.05) is 11.6 Å². The molecule has 22 heavy (non-hydrogen) atoms. The van der Waals surface area contributed by atoms with Crippen LogP contribution in [0.3, 0.4) is 0 Å². The van der Waals surface area contributed by atoms with Crippen molar-refractivity contribution in [2.24, 2.45) is 0 Å². The van der Waals surface area contributed by atoms with E-state index in [1.54, 1.807) is 18.7 Å². The highest BCUT2D eigenvalue weighted by atomic mass is 79.9. The van der Waals surface area contributed by atoms with Crippen molar-refractivity contribution in [1.29, 1.82) is 0 Å². The van der Waals surface area contributed by atoms with Crippen LogP contribution in [0.1, 0.15) is 6.92 Å². The van der Waals surface area contributed by atoms with E-state index in [4.69, 9.17) is 4.74 Å². The Hall–Kier alpha value is -0.980. The van der Waals surface area contributed by atoms with E-state index in [-0.39, 0.29) is 5.91 Å². The molecule has 0 fully saturated rings. The second-order valence-electron chi connectivity index (χ2n) is 4.56. The van der Waals surface area contributed by atoms with Gasteiger partial charge in [0.05, 0.1) is 4.47 Å². The summed E-state index contributed by atoms with van der Waals surface area (Å²) in [6.45, 7) is 1.72. The molecule has 0 spiro atoms. The van der Waals surface area contributed by atoms with Crippen molar-refractivity contribution in [3.63, 3.8) is 0 Å². The number of anilines is 1. The van der Waals surface area contributed by atoms with Crippen LogP contribution in [0.2, 0.25) is 0 Å². The molecule has 2 aromatic rings. The van der Waals surface area contributed by atoms with Crippen molar-refractivity contribution in [3.8, 4) is 5.75 Å². The van der Waals surface area contributed by atoms with Crippen LogP contribution >= 0.6 is 43.6 Å². The minimum Gasteiger partial charge on any atom is -0.480 e. The Labute approximate surface area is 151 Å². The predicted molar refractivity (Wildman–Crippen MR) is 98.8 cm³/mol. The second-order valence-corrected chi connectivity index (χ2v) is 7.21. The molecule has 116 valence electrons. The molecule has 0 aliphatic rings. The summed E-state index contributed by atoms with van der Waals surface area (Å²) in [7, 11) is 0. The molecule has 2 rings (SSSR count). The first-order chi connectivity index (χ1) is 10.5. The van der Waals surface area contributed by atoms with E-state index in [1.807, 2.05) is 48.7 Å². The van der Waals surface area contributed by atoms with Crippen LogP contribution < -0.4 is 10.1 Å². The Morgan fingerprint density at radius 3 is 2.68 bits per heavy atom. The van der Waals surface area contributed by atoms with Crippen LogP contribution in [0.4, 0.5) is 5.69 Å². The van der Waals surface area contributed by atoms with Crippen molar-refractivity contribution in [1.82, 2.24) is 0 Å². The monoisotopic (exact) mass is 443 g/mol. The van der Waals surface area contributed by atoms with Gasteiger partial charge in [0.25, 0.3) is 5.91 Å². The number of amides is 1. The molecule has 1 atom stereocenters. The first kappa shape index (κ1) is 17.4. The fraction of sp³-hybridized carbons (Fsp3) is 0.188. The Balaban J connectivity index is 2.02. The summed E-state index contributed by atoms with van der Waals surface area (Å²) >= 11 is 8.43. The van der Waals surface area contributed by atoms with E-state index in [1.165, 1.54) is 0 Å².